The Kier molecular flexibility index (Phi) is 9.26. The van der Waals surface area contributed by atoms with Crippen LogP contribution in [0.4, 0.5) is 13.2 Å². The van der Waals surface area contributed by atoms with Crippen molar-refractivity contribution in [3.63, 3.8) is 0 Å². The number of hydrogen-bond donors (Lipinski definition) is 5. The van der Waals surface area contributed by atoms with Gasteiger partial charge in [-0.15, -0.1) is 0 Å². The van der Waals surface area contributed by atoms with Gasteiger partial charge in [0.15, 0.2) is 0 Å². The Hall–Kier alpha value is -2.87. The lowest BCUT2D eigenvalue weighted by molar-refractivity contribution is -0.173. The number of carbonyl (C=O) groups excluding carboxylic acids is 3. The van der Waals surface area contributed by atoms with Crippen molar-refractivity contribution in [3.8, 4) is 0 Å². The zero-order valence-corrected chi connectivity index (χ0v) is 17.2. The third-order valence-corrected chi connectivity index (χ3v) is 4.67. The lowest BCUT2D eigenvalue weighted by Crippen LogP contribution is -2.37. The van der Waals surface area contributed by atoms with Crippen LogP contribution in [0.1, 0.15) is 48.8 Å². The summed E-state index contributed by atoms with van der Waals surface area (Å²) in [6.45, 7) is 0.0187. The lowest BCUT2D eigenvalue weighted by atomic mass is 10.2. The van der Waals surface area contributed by atoms with Gasteiger partial charge in [0.05, 0.1) is 12.7 Å². The van der Waals surface area contributed by atoms with Gasteiger partial charge in [-0.05, 0) is 25.7 Å². The van der Waals surface area contributed by atoms with E-state index in [2.05, 4.69) is 15.6 Å². The monoisotopic (exact) mass is 465 g/mol. The van der Waals surface area contributed by atoms with Gasteiger partial charge in [0.25, 0.3) is 5.91 Å². The summed E-state index contributed by atoms with van der Waals surface area (Å²) in [5, 5.41) is 15.9. The lowest BCUT2D eigenvalue weighted by Gasteiger charge is -2.11. The van der Waals surface area contributed by atoms with E-state index in [1.165, 1.54) is 10.8 Å². The summed E-state index contributed by atoms with van der Waals surface area (Å²) in [6.07, 6.45) is -2.96. The van der Waals surface area contributed by atoms with Gasteiger partial charge in [-0.25, -0.2) is 4.79 Å². The summed E-state index contributed by atoms with van der Waals surface area (Å²) in [5.41, 5.74) is -0.451. The first-order valence-corrected chi connectivity index (χ1v) is 10.1. The molecule has 2 unspecified atom stereocenters. The van der Waals surface area contributed by atoms with Crippen molar-refractivity contribution in [1.29, 1.82) is 0 Å². The molecule has 1 fully saturated rings. The first-order chi connectivity index (χ1) is 15.1. The molecule has 11 nitrogen and oxygen atoms in total. The second-order valence-corrected chi connectivity index (χ2v) is 7.17. The number of H-pyrrole nitrogens is 1. The van der Waals surface area contributed by atoms with E-state index >= 15 is 0 Å². The molecule has 5 N–H and O–H groups in total. The maximum Gasteiger partial charge on any atom is 0.471 e. The van der Waals surface area contributed by atoms with Crippen LogP contribution in [0, 0.1) is 0 Å². The molecule has 1 aromatic rings. The van der Waals surface area contributed by atoms with Gasteiger partial charge >= 0.3 is 17.8 Å². The zero-order valence-electron chi connectivity index (χ0n) is 17.2. The summed E-state index contributed by atoms with van der Waals surface area (Å²) < 4.78 is 42.8. The van der Waals surface area contributed by atoms with E-state index in [9.17, 15) is 32.3 Å². The predicted octanol–water partition coefficient (Wildman–Crippen LogP) is -0.459. The third kappa shape index (κ3) is 7.67. The summed E-state index contributed by atoms with van der Waals surface area (Å²) in [5.74, 6) is -2.95. The molecule has 2 heterocycles. The van der Waals surface area contributed by atoms with Gasteiger partial charge in [0.2, 0.25) is 5.91 Å². The van der Waals surface area contributed by atoms with Crippen LogP contribution in [0.5, 0.6) is 0 Å². The van der Waals surface area contributed by atoms with Gasteiger partial charge in [-0.3, -0.25) is 19.0 Å². The molecule has 0 aliphatic carbocycles. The van der Waals surface area contributed by atoms with Crippen molar-refractivity contribution < 1.29 is 37.4 Å². The van der Waals surface area contributed by atoms with E-state index < -0.39 is 35.8 Å². The minimum Gasteiger partial charge on any atom is -0.394 e. The number of imidazole rings is 1. The highest BCUT2D eigenvalue weighted by Gasteiger charge is 2.38. The number of rotatable bonds is 11. The van der Waals surface area contributed by atoms with E-state index in [4.69, 9.17) is 9.84 Å². The Morgan fingerprint density at radius 1 is 1.12 bits per heavy atom. The largest absolute Gasteiger partial charge is 0.471 e. The molecular weight excluding hydrogens is 439 g/mol. The molecule has 180 valence electrons. The standard InChI is InChI=1S/C18H26F3N5O6/c19-18(20,21)16(30)24-6-1-3-13(28)22-7-2-8-23-15(29)12-9-26(17(31)25-12)14-5-4-11(10-27)32-14/h9,11,14,27H,1-8,10H2,(H,22,28)(H,23,29)(H,24,30)(H,25,31). The molecule has 0 saturated carbocycles. The number of aliphatic hydroxyl groups excluding tert-OH is 1. The van der Waals surface area contributed by atoms with Crippen molar-refractivity contribution in [1.82, 2.24) is 25.5 Å². The molecule has 32 heavy (non-hydrogen) atoms. The summed E-state index contributed by atoms with van der Waals surface area (Å²) in [7, 11) is 0. The van der Waals surface area contributed by atoms with Crippen molar-refractivity contribution >= 4 is 17.7 Å². The highest BCUT2D eigenvalue weighted by Crippen LogP contribution is 2.26. The number of aromatic nitrogens is 2. The Balaban J connectivity index is 1.61. The third-order valence-electron chi connectivity index (χ3n) is 4.67. The van der Waals surface area contributed by atoms with Gasteiger partial charge in [0.1, 0.15) is 11.9 Å². The molecule has 0 spiro atoms. The molecule has 1 aromatic heterocycles. The molecule has 1 saturated heterocycles. The molecule has 14 heteroatoms. The topological polar surface area (TPSA) is 155 Å². The van der Waals surface area contributed by atoms with Crippen molar-refractivity contribution in [2.24, 2.45) is 0 Å². The fourth-order valence-corrected chi connectivity index (χ4v) is 3.02. The molecule has 1 aliphatic heterocycles. The number of halogens is 3. The number of hydrogen-bond acceptors (Lipinski definition) is 6. The summed E-state index contributed by atoms with van der Waals surface area (Å²) in [6, 6.07) is 0. The number of amides is 3. The Morgan fingerprint density at radius 2 is 1.81 bits per heavy atom. The Bertz CT molecular complexity index is 853. The summed E-state index contributed by atoms with van der Waals surface area (Å²) >= 11 is 0. The zero-order chi connectivity index (χ0) is 23.7. The average Bonchev–Trinajstić information content (AvgIpc) is 3.36. The number of ether oxygens (including phenoxy) is 1. The Labute approximate surface area is 180 Å². The van der Waals surface area contributed by atoms with Crippen molar-refractivity contribution in [2.75, 3.05) is 26.2 Å². The van der Waals surface area contributed by atoms with Crippen LogP contribution < -0.4 is 21.6 Å². The number of aliphatic hydroxyl groups is 1. The first kappa shape index (κ1) is 25.4. The first-order valence-electron chi connectivity index (χ1n) is 10.1. The minimum atomic E-state index is -4.95. The number of aromatic amines is 1. The van der Waals surface area contributed by atoms with E-state index in [1.54, 1.807) is 5.32 Å². The van der Waals surface area contributed by atoms with Crippen LogP contribution in [-0.4, -0.2) is 70.9 Å². The van der Waals surface area contributed by atoms with Crippen LogP contribution in [0.2, 0.25) is 0 Å². The van der Waals surface area contributed by atoms with Crippen LogP contribution >= 0.6 is 0 Å². The molecule has 0 aromatic carbocycles. The fraction of sp³-hybridized carbons (Fsp3) is 0.667. The van der Waals surface area contributed by atoms with Crippen LogP contribution in [0.25, 0.3) is 0 Å². The molecule has 3 amide bonds. The highest BCUT2D eigenvalue weighted by atomic mass is 19.4. The van der Waals surface area contributed by atoms with Crippen LogP contribution in [0.15, 0.2) is 11.0 Å². The number of nitrogens with one attached hydrogen (secondary N) is 4. The molecule has 0 bridgehead atoms. The smallest absolute Gasteiger partial charge is 0.394 e. The maximum atomic E-state index is 12.2. The number of carbonyl (C=O) groups is 3. The number of alkyl halides is 3. The second kappa shape index (κ2) is 11.7. The van der Waals surface area contributed by atoms with Crippen molar-refractivity contribution in [2.45, 2.75) is 50.6 Å². The van der Waals surface area contributed by atoms with Crippen LogP contribution in [0.3, 0.4) is 0 Å². The van der Waals surface area contributed by atoms with Gasteiger partial charge in [-0.2, -0.15) is 13.2 Å². The van der Waals surface area contributed by atoms with E-state index in [-0.39, 0.29) is 50.9 Å². The van der Waals surface area contributed by atoms with Gasteiger partial charge in [0, 0.05) is 32.3 Å². The summed E-state index contributed by atoms with van der Waals surface area (Å²) in [4.78, 5) is 48.9. The predicted molar refractivity (Wildman–Crippen MR) is 104 cm³/mol. The van der Waals surface area contributed by atoms with Gasteiger partial charge < -0.3 is 30.8 Å². The molecule has 1 aliphatic rings. The Morgan fingerprint density at radius 3 is 2.47 bits per heavy atom. The minimum absolute atomic E-state index is 0.0518. The average molecular weight is 465 g/mol. The van der Waals surface area contributed by atoms with Gasteiger partial charge in [-0.1, -0.05) is 0 Å². The highest BCUT2D eigenvalue weighted by molar-refractivity contribution is 5.92. The second-order valence-electron chi connectivity index (χ2n) is 7.17. The fourth-order valence-electron chi connectivity index (χ4n) is 3.02. The normalized spacial score (nSPS) is 18.4. The molecule has 2 rings (SSSR count). The quantitative estimate of drug-likeness (QED) is 0.279. The molecule has 0 radical (unpaired) electrons. The SMILES string of the molecule is O=C(CCCNC(=O)C(F)(F)F)NCCCNC(=O)c1cn(C2CCC(CO)O2)c(=O)[nH]1. The van der Waals surface area contributed by atoms with E-state index in [1.807, 2.05) is 0 Å². The van der Waals surface area contributed by atoms with Crippen molar-refractivity contribution in [3.05, 3.63) is 22.4 Å². The number of nitrogens with zero attached hydrogens (tertiary/aromatic N) is 1. The molecular formula is C18H26F3N5O6. The maximum absolute atomic E-state index is 12.2. The van der Waals surface area contributed by atoms with E-state index in [0.717, 1.165) is 0 Å². The molecule has 2 atom stereocenters. The van der Waals surface area contributed by atoms with E-state index in [0.29, 0.717) is 19.3 Å². The van der Waals surface area contributed by atoms with Crippen LogP contribution in [-0.2, 0) is 14.3 Å².